The summed E-state index contributed by atoms with van der Waals surface area (Å²) in [6, 6.07) is -0.184. The molecule has 0 radical (unpaired) electrons. The molecule has 1 atom stereocenters. The lowest BCUT2D eigenvalue weighted by molar-refractivity contribution is -0.123. The van der Waals surface area contributed by atoms with Crippen molar-refractivity contribution >= 4 is 5.91 Å². The van der Waals surface area contributed by atoms with Gasteiger partial charge in [-0.2, -0.15) is 0 Å². The fourth-order valence-corrected chi connectivity index (χ4v) is 1.40. The smallest absolute Gasteiger partial charge is 0.236 e. The van der Waals surface area contributed by atoms with E-state index in [0.29, 0.717) is 26.3 Å². The lowest BCUT2D eigenvalue weighted by Crippen LogP contribution is -2.44. The third-order valence-electron chi connectivity index (χ3n) is 2.75. The third-order valence-corrected chi connectivity index (χ3v) is 2.75. The third kappa shape index (κ3) is 7.31. The lowest BCUT2D eigenvalue weighted by Gasteiger charge is -2.13. The van der Waals surface area contributed by atoms with Crippen LogP contribution in [0.1, 0.15) is 19.8 Å². The van der Waals surface area contributed by atoms with E-state index in [4.69, 9.17) is 9.47 Å². The molecule has 0 heterocycles. The molecule has 1 saturated carbocycles. The van der Waals surface area contributed by atoms with Gasteiger partial charge in [0, 0.05) is 26.8 Å². The van der Waals surface area contributed by atoms with Crippen LogP contribution in [0.3, 0.4) is 0 Å². The minimum absolute atomic E-state index is 0.00393. The second kappa shape index (κ2) is 8.44. The van der Waals surface area contributed by atoms with E-state index in [1.807, 2.05) is 6.92 Å². The second-order valence-electron chi connectivity index (χ2n) is 4.48. The van der Waals surface area contributed by atoms with Crippen LogP contribution in [0.5, 0.6) is 0 Å². The van der Waals surface area contributed by atoms with Crippen LogP contribution in [-0.4, -0.2) is 52.0 Å². The summed E-state index contributed by atoms with van der Waals surface area (Å²) in [5.41, 5.74) is 0. The van der Waals surface area contributed by atoms with Crippen molar-refractivity contribution in [3.63, 3.8) is 0 Å². The van der Waals surface area contributed by atoms with Crippen molar-refractivity contribution in [1.29, 1.82) is 0 Å². The highest BCUT2D eigenvalue weighted by atomic mass is 16.5. The van der Waals surface area contributed by atoms with Gasteiger partial charge in [0.05, 0.1) is 19.3 Å². The summed E-state index contributed by atoms with van der Waals surface area (Å²) in [5.74, 6) is 0.800. The number of methoxy groups -OCH3 is 1. The molecule has 5 heteroatoms. The molecule has 2 N–H and O–H groups in total. The van der Waals surface area contributed by atoms with Crippen LogP contribution < -0.4 is 10.6 Å². The molecule has 1 aliphatic carbocycles. The van der Waals surface area contributed by atoms with Crippen molar-refractivity contribution in [2.75, 3.05) is 40.0 Å². The van der Waals surface area contributed by atoms with E-state index in [1.165, 1.54) is 12.8 Å². The maximum absolute atomic E-state index is 11.5. The molecule has 100 valence electrons. The number of hydrogen-bond acceptors (Lipinski definition) is 4. The highest BCUT2D eigenvalue weighted by Crippen LogP contribution is 2.28. The molecule has 0 aromatic heterocycles. The van der Waals surface area contributed by atoms with Gasteiger partial charge < -0.3 is 20.1 Å². The van der Waals surface area contributed by atoms with Gasteiger partial charge in [-0.15, -0.1) is 0 Å². The number of nitrogens with one attached hydrogen (secondary N) is 2. The minimum atomic E-state index is -0.184. The van der Waals surface area contributed by atoms with Crippen LogP contribution in [0.25, 0.3) is 0 Å². The first kappa shape index (κ1) is 14.4. The summed E-state index contributed by atoms with van der Waals surface area (Å²) in [7, 11) is 1.62. The zero-order chi connectivity index (χ0) is 12.5. The van der Waals surface area contributed by atoms with Crippen molar-refractivity contribution in [1.82, 2.24) is 10.6 Å². The number of carbonyl (C=O) groups excluding carboxylic acids is 1. The average Bonchev–Trinajstić information content (AvgIpc) is 3.12. The quantitative estimate of drug-likeness (QED) is 0.537. The Bertz CT molecular complexity index is 220. The number of hydrogen-bond donors (Lipinski definition) is 2. The SMILES string of the molecule is COCCNC(=O)C(C)NCCOCC1CC1. The summed E-state index contributed by atoms with van der Waals surface area (Å²) in [5, 5.41) is 5.91. The molecular formula is C12H24N2O3. The fourth-order valence-electron chi connectivity index (χ4n) is 1.40. The van der Waals surface area contributed by atoms with Gasteiger partial charge in [-0.1, -0.05) is 0 Å². The Labute approximate surface area is 103 Å². The van der Waals surface area contributed by atoms with Crippen molar-refractivity contribution in [2.45, 2.75) is 25.8 Å². The molecule has 1 fully saturated rings. The Morgan fingerprint density at radius 2 is 2.12 bits per heavy atom. The number of ether oxygens (including phenoxy) is 2. The highest BCUT2D eigenvalue weighted by Gasteiger charge is 2.20. The maximum atomic E-state index is 11.5. The maximum Gasteiger partial charge on any atom is 0.236 e. The highest BCUT2D eigenvalue weighted by molar-refractivity contribution is 5.81. The molecule has 0 aromatic rings. The lowest BCUT2D eigenvalue weighted by atomic mass is 10.3. The molecule has 1 unspecified atom stereocenters. The molecule has 1 rings (SSSR count). The summed E-state index contributed by atoms with van der Waals surface area (Å²) >= 11 is 0. The molecule has 0 bridgehead atoms. The van der Waals surface area contributed by atoms with E-state index in [-0.39, 0.29) is 11.9 Å². The van der Waals surface area contributed by atoms with Gasteiger partial charge in [0.25, 0.3) is 0 Å². The number of rotatable bonds is 10. The van der Waals surface area contributed by atoms with Crippen LogP contribution in [0.4, 0.5) is 0 Å². The molecule has 5 nitrogen and oxygen atoms in total. The normalized spacial score (nSPS) is 16.8. The molecular weight excluding hydrogens is 220 g/mol. The van der Waals surface area contributed by atoms with Crippen LogP contribution in [0.2, 0.25) is 0 Å². The van der Waals surface area contributed by atoms with Gasteiger partial charge in [0.2, 0.25) is 5.91 Å². The molecule has 0 aromatic carbocycles. The Hall–Kier alpha value is -0.650. The van der Waals surface area contributed by atoms with Crippen LogP contribution in [0.15, 0.2) is 0 Å². The average molecular weight is 244 g/mol. The van der Waals surface area contributed by atoms with Gasteiger partial charge >= 0.3 is 0 Å². The second-order valence-corrected chi connectivity index (χ2v) is 4.48. The van der Waals surface area contributed by atoms with E-state index in [9.17, 15) is 4.79 Å². The zero-order valence-electron chi connectivity index (χ0n) is 10.8. The summed E-state index contributed by atoms with van der Waals surface area (Å²) in [6.07, 6.45) is 2.62. The Balaban J connectivity index is 1.90. The number of amides is 1. The van der Waals surface area contributed by atoms with Gasteiger partial charge in [-0.05, 0) is 25.7 Å². The monoisotopic (exact) mass is 244 g/mol. The van der Waals surface area contributed by atoms with Crippen LogP contribution in [0, 0.1) is 5.92 Å². The van der Waals surface area contributed by atoms with E-state index in [1.54, 1.807) is 7.11 Å². The first-order valence-corrected chi connectivity index (χ1v) is 6.31. The van der Waals surface area contributed by atoms with E-state index < -0.39 is 0 Å². The van der Waals surface area contributed by atoms with Gasteiger partial charge in [-0.25, -0.2) is 0 Å². The summed E-state index contributed by atoms with van der Waals surface area (Å²) in [4.78, 5) is 11.5. The predicted octanol–water partition coefficient (Wildman–Crippen LogP) is 0.154. The van der Waals surface area contributed by atoms with E-state index in [2.05, 4.69) is 10.6 Å². The van der Waals surface area contributed by atoms with Crippen LogP contribution in [-0.2, 0) is 14.3 Å². The predicted molar refractivity (Wildman–Crippen MR) is 65.9 cm³/mol. The first-order chi connectivity index (χ1) is 8.24. The molecule has 1 aliphatic rings. The standard InChI is InChI=1S/C12H24N2O3/c1-10(12(15)14-5-7-16-2)13-6-8-17-9-11-3-4-11/h10-11,13H,3-9H2,1-2H3,(H,14,15). The van der Waals surface area contributed by atoms with Crippen molar-refractivity contribution in [3.05, 3.63) is 0 Å². The Morgan fingerprint density at radius 1 is 1.35 bits per heavy atom. The topological polar surface area (TPSA) is 59.6 Å². The largest absolute Gasteiger partial charge is 0.383 e. The molecule has 1 amide bonds. The summed E-state index contributed by atoms with van der Waals surface area (Å²) in [6.45, 7) is 5.21. The van der Waals surface area contributed by atoms with Gasteiger partial charge in [0.15, 0.2) is 0 Å². The molecule has 17 heavy (non-hydrogen) atoms. The van der Waals surface area contributed by atoms with Crippen molar-refractivity contribution in [2.24, 2.45) is 5.92 Å². The van der Waals surface area contributed by atoms with E-state index in [0.717, 1.165) is 12.5 Å². The van der Waals surface area contributed by atoms with Gasteiger partial charge in [-0.3, -0.25) is 4.79 Å². The fraction of sp³-hybridized carbons (Fsp3) is 0.917. The van der Waals surface area contributed by atoms with Gasteiger partial charge in [0.1, 0.15) is 0 Å². The Morgan fingerprint density at radius 3 is 2.76 bits per heavy atom. The first-order valence-electron chi connectivity index (χ1n) is 6.31. The molecule has 0 saturated heterocycles. The Kier molecular flexibility index (Phi) is 7.16. The van der Waals surface area contributed by atoms with E-state index >= 15 is 0 Å². The molecule has 0 aliphatic heterocycles. The van der Waals surface area contributed by atoms with Crippen molar-refractivity contribution in [3.8, 4) is 0 Å². The zero-order valence-corrected chi connectivity index (χ0v) is 10.8. The minimum Gasteiger partial charge on any atom is -0.383 e. The van der Waals surface area contributed by atoms with Crippen molar-refractivity contribution < 1.29 is 14.3 Å². The summed E-state index contributed by atoms with van der Waals surface area (Å²) < 4.78 is 10.3. The molecule has 0 spiro atoms. The number of carbonyl (C=O) groups is 1. The van der Waals surface area contributed by atoms with Crippen LogP contribution >= 0.6 is 0 Å².